The molecule has 2 aliphatic rings. The molecule has 9 heteroatoms. The molecule has 0 saturated carbocycles. The quantitative estimate of drug-likeness (QED) is 0.714. The number of nitriles is 1. The molecule has 1 aliphatic carbocycles. The molecule has 0 unspecified atom stereocenters. The lowest BCUT2D eigenvalue weighted by Crippen LogP contribution is -2.55. The lowest BCUT2D eigenvalue weighted by Gasteiger charge is -2.45. The van der Waals surface area contributed by atoms with Gasteiger partial charge in [-0.2, -0.15) is 5.26 Å². The summed E-state index contributed by atoms with van der Waals surface area (Å²) in [5, 5.41) is 13.0. The molecule has 170 valence electrons. The van der Waals surface area contributed by atoms with Gasteiger partial charge in [-0.15, -0.1) is 11.3 Å². The normalized spacial score (nSPS) is 24.1. The molecule has 3 N–H and O–H groups in total. The van der Waals surface area contributed by atoms with Gasteiger partial charge in [0.25, 0.3) is 0 Å². The van der Waals surface area contributed by atoms with Gasteiger partial charge in [0, 0.05) is 36.6 Å². The maximum absolute atomic E-state index is 13.3. The monoisotopic (exact) mass is 446 g/mol. The van der Waals surface area contributed by atoms with Crippen molar-refractivity contribution < 1.29 is 9.59 Å². The van der Waals surface area contributed by atoms with Crippen LogP contribution in [0.5, 0.6) is 0 Å². The molecular formula is C22H34N6O2S. The van der Waals surface area contributed by atoms with Crippen LogP contribution in [0.4, 0.5) is 9.80 Å². The van der Waals surface area contributed by atoms with E-state index in [4.69, 9.17) is 5.73 Å². The zero-order chi connectivity index (χ0) is 22.9. The number of hydrogen-bond acceptors (Lipinski definition) is 7. The van der Waals surface area contributed by atoms with E-state index in [0.29, 0.717) is 36.2 Å². The molecule has 2 heterocycles. The number of nitrogen functional groups attached to an aromatic ring is 1. The average molecular weight is 447 g/mol. The predicted octanol–water partition coefficient (Wildman–Crippen LogP) is 1.75. The molecule has 8 nitrogen and oxygen atoms in total. The van der Waals surface area contributed by atoms with Crippen LogP contribution in [0.1, 0.15) is 36.3 Å². The minimum Gasteiger partial charge on any atom is -0.389 e. The summed E-state index contributed by atoms with van der Waals surface area (Å²) in [4.78, 5) is 32.8. The third-order valence-corrected chi connectivity index (χ3v) is 7.99. The fraction of sp³-hybridized carbons (Fsp3) is 0.682. The van der Waals surface area contributed by atoms with Gasteiger partial charge in [-0.3, -0.25) is 9.69 Å². The Morgan fingerprint density at radius 2 is 2.10 bits per heavy atom. The van der Waals surface area contributed by atoms with Crippen molar-refractivity contribution in [3.63, 3.8) is 0 Å². The standard InChI is InChI=1S/C22H34N6O2S/c1-6-28(22(30)25-11-13(2)26(3)4)21(29)15-7-14-8-16-17(10-23)20(24)31-19(16)9-18(14)27(5)12-15/h13-15,18H,6-9,11-12,24H2,1-5H3,(H,25,30)/t13-,14+,15+,18+/m0/s1. The Hall–Kier alpha value is -2.15. The van der Waals surface area contributed by atoms with Crippen LogP contribution in [-0.4, -0.2) is 79.5 Å². The number of carbonyl (C=O) groups excluding carboxylic acids is 2. The van der Waals surface area contributed by atoms with Gasteiger partial charge in [-0.25, -0.2) is 4.79 Å². The highest BCUT2D eigenvalue weighted by Gasteiger charge is 2.43. The number of nitrogens with two attached hydrogens (primary N) is 1. The molecular weight excluding hydrogens is 412 g/mol. The topological polar surface area (TPSA) is 106 Å². The van der Waals surface area contributed by atoms with E-state index in [2.05, 4.69) is 23.3 Å². The first-order valence-electron chi connectivity index (χ1n) is 10.9. The van der Waals surface area contributed by atoms with Gasteiger partial charge >= 0.3 is 6.03 Å². The smallest absolute Gasteiger partial charge is 0.324 e. The maximum atomic E-state index is 13.3. The summed E-state index contributed by atoms with van der Waals surface area (Å²) in [7, 11) is 5.98. The molecule has 31 heavy (non-hydrogen) atoms. The van der Waals surface area contributed by atoms with Crippen LogP contribution >= 0.6 is 11.3 Å². The van der Waals surface area contributed by atoms with E-state index < -0.39 is 0 Å². The number of fused-ring (bicyclic) bond motifs is 2. The summed E-state index contributed by atoms with van der Waals surface area (Å²) in [6, 6.07) is 2.46. The zero-order valence-electron chi connectivity index (χ0n) is 19.1. The van der Waals surface area contributed by atoms with Crippen LogP contribution in [0.3, 0.4) is 0 Å². The van der Waals surface area contributed by atoms with E-state index in [-0.39, 0.29) is 29.8 Å². The highest BCUT2D eigenvalue weighted by atomic mass is 32.1. The van der Waals surface area contributed by atoms with E-state index in [1.54, 1.807) is 0 Å². The van der Waals surface area contributed by atoms with Crippen LogP contribution in [0.15, 0.2) is 0 Å². The van der Waals surface area contributed by atoms with E-state index in [1.165, 1.54) is 21.1 Å². The number of nitrogens with one attached hydrogen (secondary N) is 1. The second-order valence-electron chi connectivity index (χ2n) is 9.04. The first-order valence-corrected chi connectivity index (χ1v) is 11.7. The molecule has 1 aromatic heterocycles. The first-order chi connectivity index (χ1) is 14.7. The van der Waals surface area contributed by atoms with Gasteiger partial charge in [0.15, 0.2) is 0 Å². The minimum atomic E-state index is -0.325. The maximum Gasteiger partial charge on any atom is 0.324 e. The zero-order valence-corrected chi connectivity index (χ0v) is 20.0. The number of thiophene rings is 1. The number of nitrogens with zero attached hydrogens (tertiary/aromatic N) is 4. The van der Waals surface area contributed by atoms with Gasteiger partial charge in [0.2, 0.25) is 5.91 Å². The third kappa shape index (κ3) is 4.71. The van der Waals surface area contributed by atoms with Crippen molar-refractivity contribution in [3.05, 3.63) is 16.0 Å². The van der Waals surface area contributed by atoms with E-state index >= 15 is 0 Å². The van der Waals surface area contributed by atoms with Crippen molar-refractivity contribution in [2.45, 2.75) is 45.2 Å². The van der Waals surface area contributed by atoms with Crippen molar-refractivity contribution in [1.82, 2.24) is 20.0 Å². The van der Waals surface area contributed by atoms with E-state index in [9.17, 15) is 14.9 Å². The Bertz CT molecular complexity index is 876. The second-order valence-corrected chi connectivity index (χ2v) is 10.2. The summed E-state index contributed by atoms with van der Waals surface area (Å²) in [6.45, 7) is 5.34. The number of hydrogen-bond donors (Lipinski definition) is 2. The molecule has 1 aliphatic heterocycles. The Kier molecular flexibility index (Phi) is 7.24. The number of rotatable bonds is 5. The molecule has 1 fully saturated rings. The summed E-state index contributed by atoms with van der Waals surface area (Å²) in [6.07, 6.45) is 2.36. The highest BCUT2D eigenvalue weighted by Crippen LogP contribution is 2.42. The van der Waals surface area contributed by atoms with Crippen molar-refractivity contribution in [2.24, 2.45) is 11.8 Å². The summed E-state index contributed by atoms with van der Waals surface area (Å²) in [5.74, 6) is -0.0675. The molecule has 3 rings (SSSR count). The Labute approximate surface area is 189 Å². The third-order valence-electron chi connectivity index (χ3n) is 6.90. The molecule has 0 aromatic carbocycles. The molecule has 0 radical (unpaired) electrons. The summed E-state index contributed by atoms with van der Waals surface area (Å²) >= 11 is 1.53. The Morgan fingerprint density at radius 1 is 1.39 bits per heavy atom. The average Bonchev–Trinajstić information content (AvgIpc) is 3.04. The molecule has 1 saturated heterocycles. The van der Waals surface area contributed by atoms with Gasteiger partial charge < -0.3 is 20.9 Å². The van der Waals surface area contributed by atoms with Crippen molar-refractivity contribution in [1.29, 1.82) is 5.26 Å². The Balaban J connectivity index is 1.70. The minimum absolute atomic E-state index is 0.112. The molecule has 0 bridgehead atoms. The Morgan fingerprint density at radius 3 is 2.71 bits per heavy atom. The first kappa shape index (κ1) is 23.5. The number of likely N-dealkylation sites (tertiary alicyclic amines) is 1. The van der Waals surface area contributed by atoms with Crippen LogP contribution in [0, 0.1) is 23.2 Å². The fourth-order valence-corrected chi connectivity index (χ4v) is 5.88. The molecule has 1 aromatic rings. The van der Waals surface area contributed by atoms with E-state index in [0.717, 1.165) is 24.8 Å². The molecule has 0 spiro atoms. The van der Waals surface area contributed by atoms with Crippen molar-refractivity contribution in [2.75, 3.05) is 46.5 Å². The number of urea groups is 1. The van der Waals surface area contributed by atoms with Crippen LogP contribution in [-0.2, 0) is 17.6 Å². The van der Waals surface area contributed by atoms with E-state index in [1.807, 2.05) is 32.8 Å². The lowest BCUT2D eigenvalue weighted by atomic mass is 9.74. The van der Waals surface area contributed by atoms with Crippen LogP contribution < -0.4 is 11.1 Å². The van der Waals surface area contributed by atoms with Crippen molar-refractivity contribution in [3.8, 4) is 6.07 Å². The largest absolute Gasteiger partial charge is 0.389 e. The highest BCUT2D eigenvalue weighted by molar-refractivity contribution is 7.16. The number of likely N-dealkylation sites (N-methyl/N-ethyl adjacent to an activating group) is 2. The lowest BCUT2D eigenvalue weighted by molar-refractivity contribution is -0.135. The molecule has 3 amide bonds. The van der Waals surface area contributed by atoms with Gasteiger partial charge in [0.1, 0.15) is 11.1 Å². The SMILES string of the molecule is CCN(C(=O)NC[C@H](C)N(C)C)C(=O)[C@@H]1C[C@@H]2Cc3c(sc(N)c3C#N)C[C@H]2N(C)C1. The second kappa shape index (κ2) is 9.55. The fourth-order valence-electron chi connectivity index (χ4n) is 4.78. The summed E-state index contributed by atoms with van der Waals surface area (Å²) < 4.78 is 0. The van der Waals surface area contributed by atoms with Crippen molar-refractivity contribution >= 4 is 28.3 Å². The predicted molar refractivity (Wildman–Crippen MR) is 123 cm³/mol. The number of carbonyl (C=O) groups is 2. The van der Waals surface area contributed by atoms with Crippen LogP contribution in [0.2, 0.25) is 0 Å². The number of piperidine rings is 1. The molecule has 4 atom stereocenters. The summed E-state index contributed by atoms with van der Waals surface area (Å²) in [5.41, 5.74) is 7.74. The number of anilines is 1. The van der Waals surface area contributed by atoms with Gasteiger partial charge in [-0.05, 0) is 65.7 Å². The number of amides is 3. The number of imide groups is 1. The van der Waals surface area contributed by atoms with Gasteiger partial charge in [-0.1, -0.05) is 0 Å². The van der Waals surface area contributed by atoms with Gasteiger partial charge in [0.05, 0.1) is 11.5 Å². The van der Waals surface area contributed by atoms with Crippen LogP contribution in [0.25, 0.3) is 0 Å².